The maximum absolute atomic E-state index is 9.45. The maximum Gasteiger partial charge on any atom is 0.0849 e. The van der Waals surface area contributed by atoms with E-state index in [0.717, 1.165) is 6.42 Å². The average Bonchev–Trinajstić information content (AvgIpc) is 1.97. The Kier molecular flexibility index (Phi) is 4.50. The molecule has 0 aliphatic carbocycles. The lowest BCUT2D eigenvalue weighted by Gasteiger charge is -2.24. The molecular formula is C10H20O2. The molecule has 2 N–H and O–H groups in total. The highest BCUT2D eigenvalue weighted by molar-refractivity contribution is 4.80. The van der Waals surface area contributed by atoms with Gasteiger partial charge >= 0.3 is 0 Å². The lowest BCUT2D eigenvalue weighted by Crippen LogP contribution is -2.35. The van der Waals surface area contributed by atoms with E-state index in [-0.39, 0.29) is 0 Å². The second-order valence-electron chi connectivity index (χ2n) is 3.96. The molecule has 0 aliphatic heterocycles. The monoisotopic (exact) mass is 172 g/mol. The Labute approximate surface area is 74.9 Å². The summed E-state index contributed by atoms with van der Waals surface area (Å²) in [5, 5.41) is 18.8. The van der Waals surface area contributed by atoms with Gasteiger partial charge < -0.3 is 10.2 Å². The molecule has 0 aromatic carbocycles. The molecule has 12 heavy (non-hydrogen) atoms. The number of hydrogen-bond donors (Lipinski definition) is 2. The van der Waals surface area contributed by atoms with Gasteiger partial charge in [0.15, 0.2) is 0 Å². The van der Waals surface area contributed by atoms with Crippen molar-refractivity contribution in [2.45, 2.75) is 45.3 Å². The van der Waals surface area contributed by atoms with Crippen LogP contribution in [-0.4, -0.2) is 21.9 Å². The van der Waals surface area contributed by atoms with Crippen LogP contribution in [0.3, 0.4) is 0 Å². The zero-order chi connectivity index (χ0) is 9.78. The van der Waals surface area contributed by atoms with Gasteiger partial charge in [0.05, 0.1) is 11.7 Å². The van der Waals surface area contributed by atoms with Crippen molar-refractivity contribution in [1.82, 2.24) is 0 Å². The van der Waals surface area contributed by atoms with Gasteiger partial charge in [-0.05, 0) is 32.6 Å². The van der Waals surface area contributed by atoms with Crippen molar-refractivity contribution in [2.24, 2.45) is 5.92 Å². The van der Waals surface area contributed by atoms with Crippen LogP contribution in [0.5, 0.6) is 0 Å². The van der Waals surface area contributed by atoms with Crippen LogP contribution in [0.1, 0.15) is 33.6 Å². The smallest absolute Gasteiger partial charge is 0.0849 e. The van der Waals surface area contributed by atoms with Gasteiger partial charge in [-0.1, -0.05) is 13.0 Å². The maximum atomic E-state index is 9.45. The molecule has 0 heterocycles. The fourth-order valence-electron chi connectivity index (χ4n) is 0.892. The van der Waals surface area contributed by atoms with Gasteiger partial charge in [-0.15, -0.1) is 6.58 Å². The van der Waals surface area contributed by atoms with Gasteiger partial charge in [-0.3, -0.25) is 0 Å². The Morgan fingerprint density at radius 1 is 1.42 bits per heavy atom. The summed E-state index contributed by atoms with van der Waals surface area (Å²) >= 11 is 0. The minimum atomic E-state index is -0.985. The molecule has 0 spiro atoms. The van der Waals surface area contributed by atoms with Crippen molar-refractivity contribution in [2.75, 3.05) is 0 Å². The standard InChI is InChI=1S/C10H20O2/c1-5-8(2)6-7-9(11)10(3,4)12/h5,8-9,11-12H,1,6-7H2,2-4H3/t8-,9-/m1/s1. The molecule has 72 valence electrons. The molecule has 0 aromatic heterocycles. The molecule has 2 atom stereocenters. The molecule has 0 fully saturated rings. The summed E-state index contributed by atoms with van der Waals surface area (Å²) < 4.78 is 0. The van der Waals surface area contributed by atoms with E-state index in [4.69, 9.17) is 0 Å². The first-order valence-electron chi connectivity index (χ1n) is 4.41. The Morgan fingerprint density at radius 3 is 2.25 bits per heavy atom. The highest BCUT2D eigenvalue weighted by Crippen LogP contribution is 2.16. The van der Waals surface area contributed by atoms with Crippen molar-refractivity contribution in [3.8, 4) is 0 Å². The van der Waals surface area contributed by atoms with Gasteiger partial charge in [0.25, 0.3) is 0 Å². The largest absolute Gasteiger partial charge is 0.390 e. The molecule has 0 bridgehead atoms. The third-order valence-corrected chi connectivity index (χ3v) is 2.11. The zero-order valence-electron chi connectivity index (χ0n) is 8.25. The van der Waals surface area contributed by atoms with Crippen LogP contribution in [-0.2, 0) is 0 Å². The second-order valence-corrected chi connectivity index (χ2v) is 3.96. The average molecular weight is 172 g/mol. The lowest BCUT2D eigenvalue weighted by molar-refractivity contribution is -0.0528. The summed E-state index contributed by atoms with van der Waals surface area (Å²) in [6.45, 7) is 8.94. The van der Waals surface area contributed by atoms with E-state index in [0.29, 0.717) is 12.3 Å². The Balaban J connectivity index is 3.71. The SMILES string of the molecule is C=C[C@@H](C)CC[C@@H](O)C(C)(C)O. The van der Waals surface area contributed by atoms with Gasteiger partial charge in [0, 0.05) is 0 Å². The van der Waals surface area contributed by atoms with E-state index in [1.54, 1.807) is 13.8 Å². The summed E-state index contributed by atoms with van der Waals surface area (Å²) in [5.74, 6) is 0.405. The predicted molar refractivity (Wildman–Crippen MR) is 50.9 cm³/mol. The van der Waals surface area contributed by atoms with Crippen LogP contribution in [0.25, 0.3) is 0 Å². The number of rotatable bonds is 5. The molecule has 0 unspecified atom stereocenters. The van der Waals surface area contributed by atoms with E-state index in [1.807, 2.05) is 13.0 Å². The summed E-state index contributed by atoms with van der Waals surface area (Å²) in [5.41, 5.74) is -0.985. The summed E-state index contributed by atoms with van der Waals surface area (Å²) in [6, 6.07) is 0. The predicted octanol–water partition coefficient (Wildman–Crippen LogP) is 1.72. The first-order valence-corrected chi connectivity index (χ1v) is 4.41. The van der Waals surface area contributed by atoms with Crippen molar-refractivity contribution < 1.29 is 10.2 Å². The van der Waals surface area contributed by atoms with Crippen molar-refractivity contribution in [3.63, 3.8) is 0 Å². The number of aliphatic hydroxyl groups excluding tert-OH is 1. The summed E-state index contributed by atoms with van der Waals surface area (Å²) in [4.78, 5) is 0. The molecule has 0 aliphatic rings. The van der Waals surface area contributed by atoms with Crippen molar-refractivity contribution in [3.05, 3.63) is 12.7 Å². The van der Waals surface area contributed by atoms with Crippen LogP contribution in [0.15, 0.2) is 12.7 Å². The fraction of sp³-hybridized carbons (Fsp3) is 0.800. The number of allylic oxidation sites excluding steroid dienone is 1. The van der Waals surface area contributed by atoms with Crippen LogP contribution in [0, 0.1) is 5.92 Å². The molecule has 0 amide bonds. The van der Waals surface area contributed by atoms with Crippen LogP contribution < -0.4 is 0 Å². The molecule has 2 nitrogen and oxygen atoms in total. The molecule has 2 heteroatoms. The molecule has 0 rings (SSSR count). The number of hydrogen-bond acceptors (Lipinski definition) is 2. The van der Waals surface area contributed by atoms with E-state index < -0.39 is 11.7 Å². The van der Waals surface area contributed by atoms with Crippen molar-refractivity contribution >= 4 is 0 Å². The van der Waals surface area contributed by atoms with Gasteiger partial charge in [-0.25, -0.2) is 0 Å². The topological polar surface area (TPSA) is 40.5 Å². The first kappa shape index (κ1) is 11.7. The second kappa shape index (κ2) is 4.63. The van der Waals surface area contributed by atoms with Gasteiger partial charge in [0.1, 0.15) is 0 Å². The van der Waals surface area contributed by atoms with Crippen molar-refractivity contribution in [1.29, 1.82) is 0 Å². The van der Waals surface area contributed by atoms with E-state index >= 15 is 0 Å². The molecule has 0 radical (unpaired) electrons. The van der Waals surface area contributed by atoms with E-state index in [9.17, 15) is 10.2 Å². The Bertz CT molecular complexity index is 135. The van der Waals surface area contributed by atoms with Crippen LogP contribution >= 0.6 is 0 Å². The lowest BCUT2D eigenvalue weighted by atomic mass is 9.94. The minimum absolute atomic E-state index is 0.405. The van der Waals surface area contributed by atoms with Crippen LogP contribution in [0.2, 0.25) is 0 Å². The van der Waals surface area contributed by atoms with Crippen LogP contribution in [0.4, 0.5) is 0 Å². The first-order chi connectivity index (χ1) is 5.38. The highest BCUT2D eigenvalue weighted by atomic mass is 16.3. The van der Waals surface area contributed by atoms with E-state index in [2.05, 4.69) is 6.58 Å². The Hall–Kier alpha value is -0.340. The number of aliphatic hydroxyl groups is 2. The summed E-state index contributed by atoms with van der Waals surface area (Å²) in [7, 11) is 0. The quantitative estimate of drug-likeness (QED) is 0.620. The molecule has 0 aromatic rings. The van der Waals surface area contributed by atoms with E-state index in [1.165, 1.54) is 0 Å². The minimum Gasteiger partial charge on any atom is -0.390 e. The third-order valence-electron chi connectivity index (χ3n) is 2.11. The third kappa shape index (κ3) is 4.52. The Morgan fingerprint density at radius 2 is 1.92 bits per heavy atom. The van der Waals surface area contributed by atoms with Gasteiger partial charge in [-0.2, -0.15) is 0 Å². The fourth-order valence-corrected chi connectivity index (χ4v) is 0.892. The van der Waals surface area contributed by atoms with Gasteiger partial charge in [0.2, 0.25) is 0 Å². The zero-order valence-corrected chi connectivity index (χ0v) is 8.25. The summed E-state index contributed by atoms with van der Waals surface area (Å²) in [6.07, 6.45) is 2.71. The molecule has 0 saturated heterocycles. The normalized spacial score (nSPS) is 17.1. The highest BCUT2D eigenvalue weighted by Gasteiger charge is 2.23. The molecular weight excluding hydrogens is 152 g/mol. The molecule has 0 saturated carbocycles.